The molecular weight excluding hydrogens is 354 g/mol. The third-order valence-electron chi connectivity index (χ3n) is 7.16. The maximum absolute atomic E-state index is 10.0. The molecule has 0 aromatic carbocycles. The maximum atomic E-state index is 10.0. The smallest absolute Gasteiger partial charge is 0.0818 e. The van der Waals surface area contributed by atoms with Gasteiger partial charge in [0, 0.05) is 17.5 Å². The van der Waals surface area contributed by atoms with Crippen molar-refractivity contribution in [2.45, 2.75) is 135 Å². The van der Waals surface area contributed by atoms with E-state index in [2.05, 4.69) is 39.7 Å². The Kier molecular flexibility index (Phi) is 8.37. The van der Waals surface area contributed by atoms with Gasteiger partial charge in [-0.2, -0.15) is 5.06 Å². The summed E-state index contributed by atoms with van der Waals surface area (Å²) in [4.78, 5) is 6.35. The number of rotatable bonds is 2. The summed E-state index contributed by atoms with van der Waals surface area (Å²) in [5.74, 6) is 0.802. The normalized spacial score (nSPS) is 41.0. The largest absolute Gasteiger partial charge is 0.393 e. The number of hydrogen-bond acceptors (Lipinski definition) is 5. The van der Waals surface area contributed by atoms with Gasteiger partial charge in [-0.15, -0.1) is 0 Å². The summed E-state index contributed by atoms with van der Waals surface area (Å²) in [5, 5.41) is 30.5. The van der Waals surface area contributed by atoms with Gasteiger partial charge in [0.15, 0.2) is 0 Å². The molecule has 3 fully saturated rings. The minimum atomic E-state index is -0.270. The standard InChI is InChI=1S/C16H31NO2.C7H14O2/c1-12-7-8-13(11-14(12)18)19-17-15(2,3)9-6-10-16(17,4)5;1-5-2-3-6(8)4-7(5)9/h12-14,18H,6-11H2,1-5H3;5-9H,2-4H2,1H3/t12-,13-,14-;5-,6-,7-/m11/s1. The molecule has 0 unspecified atom stereocenters. The van der Waals surface area contributed by atoms with E-state index < -0.39 is 0 Å². The van der Waals surface area contributed by atoms with Crippen LogP contribution in [0, 0.1) is 11.8 Å². The number of piperidine rings is 1. The van der Waals surface area contributed by atoms with Crippen LogP contribution in [-0.2, 0) is 4.84 Å². The minimum absolute atomic E-state index is 0.0930. The minimum Gasteiger partial charge on any atom is -0.393 e. The maximum Gasteiger partial charge on any atom is 0.0818 e. The van der Waals surface area contributed by atoms with E-state index in [1.807, 2.05) is 6.92 Å². The lowest BCUT2D eigenvalue weighted by Gasteiger charge is -2.53. The van der Waals surface area contributed by atoms with Crippen LogP contribution in [0.4, 0.5) is 0 Å². The van der Waals surface area contributed by atoms with Crippen molar-refractivity contribution in [3.05, 3.63) is 0 Å². The molecule has 0 aromatic rings. The number of hydrogen-bond donors (Lipinski definition) is 3. The molecule has 5 heteroatoms. The van der Waals surface area contributed by atoms with Crippen LogP contribution in [0.3, 0.4) is 0 Å². The molecule has 3 N–H and O–H groups in total. The van der Waals surface area contributed by atoms with Gasteiger partial charge in [-0.3, -0.25) is 4.84 Å². The van der Waals surface area contributed by atoms with Crippen LogP contribution in [0.15, 0.2) is 0 Å². The first-order valence-electron chi connectivity index (χ1n) is 11.4. The molecule has 28 heavy (non-hydrogen) atoms. The van der Waals surface area contributed by atoms with Gasteiger partial charge in [-0.1, -0.05) is 13.8 Å². The fourth-order valence-corrected chi connectivity index (χ4v) is 5.04. The molecule has 0 amide bonds. The van der Waals surface area contributed by atoms with Crippen molar-refractivity contribution >= 4 is 0 Å². The highest BCUT2D eigenvalue weighted by molar-refractivity contribution is 4.93. The molecule has 2 saturated carbocycles. The van der Waals surface area contributed by atoms with Crippen LogP contribution in [0.5, 0.6) is 0 Å². The van der Waals surface area contributed by atoms with Crippen LogP contribution in [-0.4, -0.2) is 55.9 Å². The second kappa shape index (κ2) is 9.74. The van der Waals surface area contributed by atoms with Gasteiger partial charge >= 0.3 is 0 Å². The third-order valence-corrected chi connectivity index (χ3v) is 7.16. The quantitative estimate of drug-likeness (QED) is 0.653. The molecule has 1 saturated heterocycles. The molecule has 166 valence electrons. The lowest BCUT2D eigenvalue weighted by Crippen LogP contribution is -2.59. The van der Waals surface area contributed by atoms with Crippen LogP contribution in [0.1, 0.15) is 99.3 Å². The van der Waals surface area contributed by atoms with E-state index >= 15 is 0 Å². The molecule has 0 aromatic heterocycles. The fraction of sp³-hybridized carbons (Fsp3) is 1.00. The van der Waals surface area contributed by atoms with Crippen molar-refractivity contribution in [2.75, 3.05) is 0 Å². The molecule has 5 nitrogen and oxygen atoms in total. The van der Waals surface area contributed by atoms with Gasteiger partial charge in [0.25, 0.3) is 0 Å². The molecule has 0 spiro atoms. The summed E-state index contributed by atoms with van der Waals surface area (Å²) in [6.45, 7) is 13.3. The van der Waals surface area contributed by atoms with Gasteiger partial charge in [0.05, 0.1) is 24.4 Å². The Morgan fingerprint density at radius 3 is 1.71 bits per heavy atom. The molecule has 6 atom stereocenters. The topological polar surface area (TPSA) is 73.2 Å². The highest BCUT2D eigenvalue weighted by Crippen LogP contribution is 2.40. The summed E-state index contributed by atoms with van der Waals surface area (Å²) in [7, 11) is 0. The van der Waals surface area contributed by atoms with Crippen molar-refractivity contribution in [3.8, 4) is 0 Å². The number of aliphatic hydroxyl groups is 3. The predicted octanol–water partition coefficient (Wildman–Crippen LogP) is 4.04. The predicted molar refractivity (Wildman–Crippen MR) is 113 cm³/mol. The lowest BCUT2D eigenvalue weighted by atomic mass is 9.82. The molecule has 3 aliphatic rings. The highest BCUT2D eigenvalue weighted by atomic mass is 16.7. The summed E-state index contributed by atoms with van der Waals surface area (Å²) in [6, 6.07) is 0. The molecule has 0 bridgehead atoms. The van der Waals surface area contributed by atoms with E-state index in [0.717, 1.165) is 32.1 Å². The Morgan fingerprint density at radius 2 is 1.25 bits per heavy atom. The SMILES string of the molecule is C[C@@H]1CC[C@@H](O)C[C@H]1O.C[C@@H]1CC[C@@H](ON2C(C)(C)CCCC2(C)C)C[C@H]1O. The molecule has 0 radical (unpaired) electrons. The number of nitrogens with zero attached hydrogens (tertiary/aromatic N) is 1. The van der Waals surface area contributed by atoms with E-state index in [1.165, 1.54) is 19.3 Å². The van der Waals surface area contributed by atoms with Gasteiger partial charge in [0.1, 0.15) is 0 Å². The zero-order chi connectivity index (χ0) is 21.1. The molecule has 1 heterocycles. The van der Waals surface area contributed by atoms with E-state index in [4.69, 9.17) is 9.94 Å². The van der Waals surface area contributed by atoms with Crippen molar-refractivity contribution in [3.63, 3.8) is 0 Å². The molecule has 2 aliphatic carbocycles. The van der Waals surface area contributed by atoms with Crippen LogP contribution in [0.2, 0.25) is 0 Å². The van der Waals surface area contributed by atoms with Crippen LogP contribution in [0.25, 0.3) is 0 Å². The lowest BCUT2D eigenvalue weighted by molar-refractivity contribution is -0.312. The van der Waals surface area contributed by atoms with Crippen molar-refractivity contribution in [1.29, 1.82) is 0 Å². The summed E-state index contributed by atoms with van der Waals surface area (Å²) in [5.41, 5.74) is 0.186. The Morgan fingerprint density at radius 1 is 0.750 bits per heavy atom. The summed E-state index contributed by atoms with van der Waals surface area (Å²) >= 11 is 0. The summed E-state index contributed by atoms with van der Waals surface area (Å²) in [6.07, 6.45) is 8.41. The van der Waals surface area contributed by atoms with Crippen molar-refractivity contribution in [1.82, 2.24) is 5.06 Å². The zero-order valence-electron chi connectivity index (χ0n) is 19.0. The Hall–Kier alpha value is -0.200. The zero-order valence-corrected chi connectivity index (χ0v) is 19.0. The fourth-order valence-electron chi connectivity index (χ4n) is 5.04. The Bertz CT molecular complexity index is 465. The first-order valence-corrected chi connectivity index (χ1v) is 11.4. The highest BCUT2D eigenvalue weighted by Gasteiger charge is 2.44. The van der Waals surface area contributed by atoms with E-state index in [1.54, 1.807) is 0 Å². The van der Waals surface area contributed by atoms with Gasteiger partial charge in [-0.05, 0) is 90.9 Å². The second-order valence-corrected chi connectivity index (χ2v) is 10.9. The molecule has 1 aliphatic heterocycles. The average molecular weight is 400 g/mol. The van der Waals surface area contributed by atoms with E-state index in [-0.39, 0.29) is 35.5 Å². The Labute approximate surface area is 172 Å². The molecular formula is C23H45NO4. The van der Waals surface area contributed by atoms with E-state index in [9.17, 15) is 10.2 Å². The first kappa shape index (κ1) is 24.1. The average Bonchev–Trinajstić information content (AvgIpc) is 2.58. The van der Waals surface area contributed by atoms with Gasteiger partial charge in [0.2, 0.25) is 0 Å². The number of hydroxylamine groups is 2. The van der Waals surface area contributed by atoms with Crippen LogP contribution >= 0.6 is 0 Å². The van der Waals surface area contributed by atoms with Crippen molar-refractivity contribution in [2.24, 2.45) is 11.8 Å². The Balaban J connectivity index is 0.000000261. The first-order chi connectivity index (χ1) is 12.9. The van der Waals surface area contributed by atoms with Gasteiger partial charge < -0.3 is 15.3 Å². The second-order valence-electron chi connectivity index (χ2n) is 10.9. The molecule has 3 rings (SSSR count). The van der Waals surface area contributed by atoms with Crippen molar-refractivity contribution < 1.29 is 20.2 Å². The van der Waals surface area contributed by atoms with Crippen LogP contribution < -0.4 is 0 Å². The summed E-state index contributed by atoms with van der Waals surface area (Å²) < 4.78 is 0. The van der Waals surface area contributed by atoms with E-state index in [0.29, 0.717) is 18.3 Å². The number of aliphatic hydroxyl groups excluding tert-OH is 3. The third kappa shape index (κ3) is 6.40. The van der Waals surface area contributed by atoms with Gasteiger partial charge in [-0.25, -0.2) is 0 Å². The monoisotopic (exact) mass is 399 g/mol.